The van der Waals surface area contributed by atoms with Gasteiger partial charge in [0.15, 0.2) is 0 Å². The Balaban J connectivity index is 2.14. The van der Waals surface area contributed by atoms with Crippen molar-refractivity contribution in [2.24, 2.45) is 0 Å². The van der Waals surface area contributed by atoms with Crippen LogP contribution in [-0.2, 0) is 16.6 Å². The van der Waals surface area contributed by atoms with Crippen molar-refractivity contribution in [3.8, 4) is 0 Å². The van der Waals surface area contributed by atoms with Gasteiger partial charge < -0.3 is 15.5 Å². The number of anilines is 2. The molecule has 0 atom stereocenters. The van der Waals surface area contributed by atoms with Gasteiger partial charge in [0.2, 0.25) is 15.9 Å². The Bertz CT molecular complexity index is 709. The number of hydrogen-bond donors (Lipinski definition) is 3. The lowest BCUT2D eigenvalue weighted by atomic mass is 10.2. The second kappa shape index (κ2) is 5.51. The average molecular weight is 296 g/mol. The van der Waals surface area contributed by atoms with E-state index in [4.69, 9.17) is 10.2 Å². The van der Waals surface area contributed by atoms with Crippen LogP contribution in [0.2, 0.25) is 0 Å². The van der Waals surface area contributed by atoms with Crippen LogP contribution in [-0.4, -0.2) is 20.4 Å². The maximum Gasteiger partial charge on any atom is 0.240 e. The van der Waals surface area contributed by atoms with E-state index in [0.29, 0.717) is 23.8 Å². The Morgan fingerprint density at radius 2 is 2.15 bits per heavy atom. The minimum atomic E-state index is -3.49. The van der Waals surface area contributed by atoms with Crippen molar-refractivity contribution < 1.29 is 12.8 Å². The van der Waals surface area contributed by atoms with Gasteiger partial charge in [-0.1, -0.05) is 0 Å². The summed E-state index contributed by atoms with van der Waals surface area (Å²) in [5.74, 6) is 1.26. The van der Waals surface area contributed by atoms with E-state index in [1.54, 1.807) is 12.3 Å². The molecular weight excluding hydrogens is 280 g/mol. The molecule has 2 rings (SSSR count). The second-order valence-corrected chi connectivity index (χ2v) is 6.06. The zero-order valence-corrected chi connectivity index (χ0v) is 12.0. The van der Waals surface area contributed by atoms with Crippen LogP contribution in [0.15, 0.2) is 33.7 Å². The van der Waals surface area contributed by atoms with Gasteiger partial charge in [-0.3, -0.25) is 0 Å². The van der Waals surface area contributed by atoms with Crippen LogP contribution in [0.5, 0.6) is 0 Å². The fourth-order valence-electron chi connectivity index (χ4n) is 1.64. The summed E-state index contributed by atoms with van der Waals surface area (Å²) in [6, 6.07) is 4.48. The van der Waals surface area contributed by atoms with Gasteiger partial charge in [-0.15, -0.1) is 0 Å². The summed E-state index contributed by atoms with van der Waals surface area (Å²) in [7, 11) is -2.14. The van der Waals surface area contributed by atoms with Gasteiger partial charge in [0, 0.05) is 0 Å². The van der Waals surface area contributed by atoms with E-state index < -0.39 is 10.0 Å². The number of benzene rings is 1. The van der Waals surface area contributed by atoms with Crippen molar-refractivity contribution in [2.75, 3.05) is 18.1 Å². The number of oxazole rings is 1. The monoisotopic (exact) mass is 296 g/mol. The molecule has 2 aromatic rings. The first-order valence-corrected chi connectivity index (χ1v) is 7.39. The number of nitrogen functional groups attached to an aromatic ring is 1. The van der Waals surface area contributed by atoms with Crippen LogP contribution in [0.25, 0.3) is 0 Å². The number of nitrogens with zero attached hydrogens (tertiary/aromatic N) is 1. The van der Waals surface area contributed by atoms with Gasteiger partial charge in [-0.2, -0.15) is 0 Å². The van der Waals surface area contributed by atoms with Gasteiger partial charge >= 0.3 is 0 Å². The van der Waals surface area contributed by atoms with E-state index in [9.17, 15) is 8.42 Å². The molecule has 0 saturated carbocycles. The molecule has 0 aliphatic carbocycles. The Labute approximate surface area is 117 Å². The predicted octanol–water partition coefficient (Wildman–Crippen LogP) is 1.09. The molecule has 7 nitrogen and oxygen atoms in total. The van der Waals surface area contributed by atoms with Crippen LogP contribution in [0.3, 0.4) is 0 Å². The summed E-state index contributed by atoms with van der Waals surface area (Å²) in [6.07, 6.45) is 1.63. The molecule has 1 aromatic heterocycles. The second-order valence-electron chi connectivity index (χ2n) is 4.17. The normalized spacial score (nSPS) is 11.5. The number of nitrogens with two attached hydrogens (primary N) is 1. The zero-order chi connectivity index (χ0) is 14.8. The number of hydrogen-bond acceptors (Lipinski definition) is 6. The first-order chi connectivity index (χ1) is 9.42. The highest BCUT2D eigenvalue weighted by atomic mass is 32.2. The third-order valence-corrected chi connectivity index (χ3v) is 4.11. The summed E-state index contributed by atoms with van der Waals surface area (Å²) >= 11 is 0. The minimum Gasteiger partial charge on any atom is -0.444 e. The largest absolute Gasteiger partial charge is 0.444 e. The molecule has 108 valence electrons. The zero-order valence-electron chi connectivity index (χ0n) is 11.2. The molecule has 8 heteroatoms. The molecule has 0 bridgehead atoms. The summed E-state index contributed by atoms with van der Waals surface area (Å²) in [5.41, 5.74) is 6.80. The van der Waals surface area contributed by atoms with Crippen molar-refractivity contribution in [2.45, 2.75) is 18.4 Å². The number of aryl methyl sites for hydroxylation is 1. The lowest BCUT2D eigenvalue weighted by Gasteiger charge is -2.09. The summed E-state index contributed by atoms with van der Waals surface area (Å²) < 4.78 is 30.8. The molecule has 0 amide bonds. The lowest BCUT2D eigenvalue weighted by Crippen LogP contribution is -2.18. The number of sulfonamides is 1. The van der Waals surface area contributed by atoms with Crippen molar-refractivity contribution in [1.82, 2.24) is 9.71 Å². The third kappa shape index (κ3) is 3.09. The van der Waals surface area contributed by atoms with E-state index in [1.165, 1.54) is 19.2 Å². The Morgan fingerprint density at radius 1 is 1.40 bits per heavy atom. The van der Waals surface area contributed by atoms with Gasteiger partial charge in [0.25, 0.3) is 0 Å². The summed E-state index contributed by atoms with van der Waals surface area (Å²) in [4.78, 5) is 4.18. The minimum absolute atomic E-state index is 0.120. The molecule has 20 heavy (non-hydrogen) atoms. The Morgan fingerprint density at radius 3 is 2.70 bits per heavy atom. The highest BCUT2D eigenvalue weighted by Gasteiger charge is 2.13. The topological polar surface area (TPSA) is 110 Å². The first kappa shape index (κ1) is 14.4. The SMILES string of the molecule is CNS(=O)(=O)c1ccc(NCc2ncc(C)o2)c(N)c1. The van der Waals surface area contributed by atoms with Crippen LogP contribution >= 0.6 is 0 Å². The molecule has 1 heterocycles. The van der Waals surface area contributed by atoms with Gasteiger partial charge in [-0.05, 0) is 32.2 Å². The molecule has 0 unspecified atom stereocenters. The molecule has 1 aromatic carbocycles. The van der Waals surface area contributed by atoms with Crippen molar-refractivity contribution in [3.05, 3.63) is 36.0 Å². The number of rotatable bonds is 5. The molecule has 4 N–H and O–H groups in total. The van der Waals surface area contributed by atoms with Gasteiger partial charge in [0.1, 0.15) is 5.76 Å². The van der Waals surface area contributed by atoms with Crippen LogP contribution in [0, 0.1) is 6.92 Å². The third-order valence-electron chi connectivity index (χ3n) is 2.70. The molecule has 0 aliphatic heterocycles. The maximum atomic E-state index is 11.6. The fraction of sp³-hybridized carbons (Fsp3) is 0.250. The van der Waals surface area contributed by atoms with Crippen molar-refractivity contribution in [3.63, 3.8) is 0 Å². The maximum absolute atomic E-state index is 11.6. The van der Waals surface area contributed by atoms with E-state index in [-0.39, 0.29) is 4.90 Å². The smallest absolute Gasteiger partial charge is 0.240 e. The summed E-state index contributed by atoms with van der Waals surface area (Å²) in [6.45, 7) is 2.18. The molecule has 0 saturated heterocycles. The average Bonchev–Trinajstić information content (AvgIpc) is 2.83. The Kier molecular flexibility index (Phi) is 3.96. The molecule has 0 radical (unpaired) electrons. The predicted molar refractivity (Wildman–Crippen MR) is 75.7 cm³/mol. The van der Waals surface area contributed by atoms with Crippen LogP contribution in [0.1, 0.15) is 11.7 Å². The Hall–Kier alpha value is -2.06. The van der Waals surface area contributed by atoms with Crippen LogP contribution < -0.4 is 15.8 Å². The molecule has 0 fully saturated rings. The standard InChI is InChI=1S/C12H16N4O3S/c1-8-6-16-12(19-8)7-15-11-4-3-9(5-10(11)13)20(17,18)14-2/h3-6,14-15H,7,13H2,1-2H3. The van der Waals surface area contributed by atoms with Crippen LogP contribution in [0.4, 0.5) is 11.4 Å². The van der Waals surface area contributed by atoms with E-state index in [2.05, 4.69) is 15.0 Å². The number of nitrogens with one attached hydrogen (secondary N) is 2. The van der Waals surface area contributed by atoms with E-state index >= 15 is 0 Å². The quantitative estimate of drug-likeness (QED) is 0.712. The lowest BCUT2D eigenvalue weighted by molar-refractivity contribution is 0.479. The van der Waals surface area contributed by atoms with Gasteiger partial charge in [-0.25, -0.2) is 18.1 Å². The van der Waals surface area contributed by atoms with Crippen molar-refractivity contribution >= 4 is 21.4 Å². The molecular formula is C12H16N4O3S. The molecule has 0 spiro atoms. The first-order valence-electron chi connectivity index (χ1n) is 5.90. The van der Waals surface area contributed by atoms with E-state index in [1.807, 2.05) is 6.92 Å². The van der Waals surface area contributed by atoms with Gasteiger partial charge in [0.05, 0.1) is 29.0 Å². The molecule has 0 aliphatic rings. The van der Waals surface area contributed by atoms with E-state index in [0.717, 1.165) is 5.76 Å². The fourth-order valence-corrected chi connectivity index (χ4v) is 2.41. The highest BCUT2D eigenvalue weighted by molar-refractivity contribution is 7.89. The summed E-state index contributed by atoms with van der Waals surface area (Å²) in [5, 5.41) is 3.04. The van der Waals surface area contributed by atoms with Crippen molar-refractivity contribution in [1.29, 1.82) is 0 Å². The number of aromatic nitrogens is 1. The highest BCUT2D eigenvalue weighted by Crippen LogP contribution is 2.23.